The van der Waals surface area contributed by atoms with Crippen LogP contribution in [0.15, 0.2) is 18.2 Å². The van der Waals surface area contributed by atoms with E-state index in [1.165, 1.54) is 12.1 Å². The number of halogens is 1. The highest BCUT2D eigenvalue weighted by Gasteiger charge is 2.62. The number of non-ortho nitro benzene ring substituents is 1. The van der Waals surface area contributed by atoms with Crippen LogP contribution in [0.1, 0.15) is 25.8 Å². The third kappa shape index (κ3) is 1.61. The Kier molecular flexibility index (Phi) is 2.47. The summed E-state index contributed by atoms with van der Waals surface area (Å²) in [7, 11) is 0. The summed E-state index contributed by atoms with van der Waals surface area (Å²) in [6.45, 7) is 3.75. The molecule has 0 spiro atoms. The third-order valence-corrected chi connectivity index (χ3v) is 3.86. The van der Waals surface area contributed by atoms with E-state index < -0.39 is 16.2 Å². The fraction of sp³-hybridized carbons (Fsp3) is 0.500. The minimum atomic E-state index is -0.628. The number of aliphatic hydroxyl groups excluding tert-OH is 1. The molecule has 1 aliphatic rings. The lowest BCUT2D eigenvalue weighted by Gasteiger charge is -2.18. The van der Waals surface area contributed by atoms with Crippen molar-refractivity contribution >= 4 is 5.69 Å². The van der Waals surface area contributed by atoms with Crippen molar-refractivity contribution in [2.75, 3.05) is 6.61 Å². The molecule has 1 aliphatic carbocycles. The molecule has 17 heavy (non-hydrogen) atoms. The Morgan fingerprint density at radius 2 is 2.12 bits per heavy atom. The monoisotopic (exact) mass is 239 g/mol. The summed E-state index contributed by atoms with van der Waals surface area (Å²) in [5.41, 5.74) is -0.654. The lowest BCUT2D eigenvalue weighted by atomic mass is 9.88. The van der Waals surface area contributed by atoms with E-state index in [0.717, 1.165) is 6.07 Å². The Morgan fingerprint density at radius 3 is 2.47 bits per heavy atom. The Labute approximate surface area is 98.2 Å². The second-order valence-corrected chi connectivity index (χ2v) is 5.22. The summed E-state index contributed by atoms with van der Waals surface area (Å²) in [5.74, 6) is -0.612. The van der Waals surface area contributed by atoms with Crippen molar-refractivity contribution in [2.45, 2.75) is 25.7 Å². The van der Waals surface area contributed by atoms with Crippen LogP contribution >= 0.6 is 0 Å². The number of hydrogen-bond acceptors (Lipinski definition) is 3. The lowest BCUT2D eigenvalue weighted by molar-refractivity contribution is -0.385. The second-order valence-electron chi connectivity index (χ2n) is 5.22. The zero-order valence-electron chi connectivity index (χ0n) is 9.74. The molecule has 2 rings (SSSR count). The second kappa shape index (κ2) is 3.50. The van der Waals surface area contributed by atoms with Gasteiger partial charge in [0.15, 0.2) is 0 Å². The molecule has 0 aromatic heterocycles. The molecule has 0 amide bonds. The third-order valence-electron chi connectivity index (χ3n) is 3.86. The predicted octanol–water partition coefficient (Wildman–Crippen LogP) is 2.39. The van der Waals surface area contributed by atoms with E-state index in [-0.39, 0.29) is 17.7 Å². The van der Waals surface area contributed by atoms with Crippen molar-refractivity contribution in [3.8, 4) is 0 Å². The highest BCUT2D eigenvalue weighted by molar-refractivity contribution is 5.43. The van der Waals surface area contributed by atoms with Crippen LogP contribution in [0.25, 0.3) is 0 Å². The maximum Gasteiger partial charge on any atom is 0.272 e. The van der Waals surface area contributed by atoms with Gasteiger partial charge in [-0.15, -0.1) is 0 Å². The fourth-order valence-electron chi connectivity index (χ4n) is 2.53. The molecule has 92 valence electrons. The first-order chi connectivity index (χ1) is 7.84. The molecule has 5 heteroatoms. The van der Waals surface area contributed by atoms with E-state index in [1.807, 2.05) is 13.8 Å². The summed E-state index contributed by atoms with van der Waals surface area (Å²) in [6, 6.07) is 3.61. The summed E-state index contributed by atoms with van der Waals surface area (Å²) in [4.78, 5) is 9.89. The van der Waals surface area contributed by atoms with Gasteiger partial charge in [0.1, 0.15) is 5.82 Å². The smallest absolute Gasteiger partial charge is 0.272 e. The van der Waals surface area contributed by atoms with Crippen molar-refractivity contribution in [3.05, 3.63) is 39.7 Å². The van der Waals surface area contributed by atoms with Gasteiger partial charge in [0.2, 0.25) is 0 Å². The van der Waals surface area contributed by atoms with Crippen LogP contribution in [0.5, 0.6) is 0 Å². The van der Waals surface area contributed by atoms with E-state index in [4.69, 9.17) is 0 Å². The first kappa shape index (κ1) is 12.0. The van der Waals surface area contributed by atoms with Gasteiger partial charge in [-0.3, -0.25) is 10.1 Å². The molecule has 0 saturated heterocycles. The molecule has 0 radical (unpaired) electrons. The Hall–Kier alpha value is -1.49. The van der Waals surface area contributed by atoms with E-state index in [2.05, 4.69) is 0 Å². The van der Waals surface area contributed by atoms with Gasteiger partial charge < -0.3 is 5.11 Å². The van der Waals surface area contributed by atoms with Gasteiger partial charge in [0.05, 0.1) is 17.6 Å². The summed E-state index contributed by atoms with van der Waals surface area (Å²) >= 11 is 0. The van der Waals surface area contributed by atoms with Crippen molar-refractivity contribution in [2.24, 2.45) is 5.41 Å². The molecule has 1 atom stereocenters. The minimum absolute atomic E-state index is 0.144. The number of nitrogens with zero attached hydrogens (tertiary/aromatic N) is 1. The fourth-order valence-corrected chi connectivity index (χ4v) is 2.53. The number of nitro benzene ring substituents is 1. The molecule has 4 nitrogen and oxygen atoms in total. The molecule has 1 unspecified atom stereocenters. The largest absolute Gasteiger partial charge is 0.395 e. The number of aliphatic hydroxyl groups is 1. The van der Waals surface area contributed by atoms with Crippen LogP contribution in [-0.4, -0.2) is 16.6 Å². The molecule has 0 heterocycles. The van der Waals surface area contributed by atoms with Crippen molar-refractivity contribution in [3.63, 3.8) is 0 Å². The normalized spacial score (nSPS) is 25.6. The van der Waals surface area contributed by atoms with Crippen molar-refractivity contribution in [1.82, 2.24) is 0 Å². The first-order valence-corrected chi connectivity index (χ1v) is 5.39. The van der Waals surface area contributed by atoms with Crippen LogP contribution in [0.3, 0.4) is 0 Å². The van der Waals surface area contributed by atoms with Gasteiger partial charge in [-0.05, 0) is 23.5 Å². The van der Waals surface area contributed by atoms with Crippen LogP contribution in [0.2, 0.25) is 0 Å². The van der Waals surface area contributed by atoms with Gasteiger partial charge >= 0.3 is 0 Å². The summed E-state index contributed by atoms with van der Waals surface area (Å²) in [6.07, 6.45) is 0.686. The molecule has 1 aromatic rings. The van der Waals surface area contributed by atoms with E-state index >= 15 is 0 Å². The van der Waals surface area contributed by atoms with Crippen molar-refractivity contribution in [1.29, 1.82) is 0 Å². The molecular formula is C12H14FNO3. The SMILES string of the molecule is CC1(C)CC1(CO)c1ccc([N+](=O)[O-])cc1F. The minimum Gasteiger partial charge on any atom is -0.395 e. The Bertz CT molecular complexity index is 487. The highest BCUT2D eigenvalue weighted by Crippen LogP contribution is 2.64. The topological polar surface area (TPSA) is 63.4 Å². The first-order valence-electron chi connectivity index (χ1n) is 5.39. The van der Waals surface area contributed by atoms with Gasteiger partial charge in [0, 0.05) is 11.5 Å². The van der Waals surface area contributed by atoms with E-state index in [9.17, 15) is 19.6 Å². The number of nitro groups is 1. The standard InChI is InChI=1S/C12H14FNO3/c1-11(2)6-12(11,7-15)9-4-3-8(14(16)17)5-10(9)13/h3-5,15H,6-7H2,1-2H3. The van der Waals surface area contributed by atoms with Gasteiger partial charge in [-0.2, -0.15) is 0 Å². The van der Waals surface area contributed by atoms with Crippen LogP contribution in [0.4, 0.5) is 10.1 Å². The van der Waals surface area contributed by atoms with E-state index in [1.54, 1.807) is 0 Å². The van der Waals surface area contributed by atoms with Crippen LogP contribution in [-0.2, 0) is 5.41 Å². The van der Waals surface area contributed by atoms with Gasteiger partial charge in [-0.1, -0.05) is 13.8 Å². The van der Waals surface area contributed by atoms with Crippen molar-refractivity contribution < 1.29 is 14.4 Å². The molecule has 0 aliphatic heterocycles. The van der Waals surface area contributed by atoms with Gasteiger partial charge in [-0.25, -0.2) is 4.39 Å². The summed E-state index contributed by atoms with van der Waals surface area (Å²) in [5, 5.41) is 20.0. The highest BCUT2D eigenvalue weighted by atomic mass is 19.1. The van der Waals surface area contributed by atoms with Gasteiger partial charge in [0.25, 0.3) is 5.69 Å². The summed E-state index contributed by atoms with van der Waals surface area (Å²) < 4.78 is 13.9. The quantitative estimate of drug-likeness (QED) is 0.650. The average molecular weight is 239 g/mol. The lowest BCUT2D eigenvalue weighted by Crippen LogP contribution is -2.20. The molecule has 1 fully saturated rings. The molecule has 1 aromatic carbocycles. The maximum atomic E-state index is 13.9. The number of benzene rings is 1. The molecule has 1 N–H and O–H groups in total. The Morgan fingerprint density at radius 1 is 1.53 bits per heavy atom. The zero-order valence-corrected chi connectivity index (χ0v) is 9.74. The number of rotatable bonds is 3. The van der Waals surface area contributed by atoms with Crippen LogP contribution < -0.4 is 0 Å². The molecule has 1 saturated carbocycles. The zero-order chi connectivity index (χ0) is 12.8. The average Bonchev–Trinajstić information content (AvgIpc) is 2.81. The maximum absolute atomic E-state index is 13.9. The molecular weight excluding hydrogens is 225 g/mol. The molecule has 0 bridgehead atoms. The Balaban J connectivity index is 2.45. The van der Waals surface area contributed by atoms with E-state index in [0.29, 0.717) is 12.0 Å². The van der Waals surface area contributed by atoms with Crippen LogP contribution in [0, 0.1) is 21.3 Å². The number of hydrogen-bond donors (Lipinski definition) is 1. The predicted molar refractivity (Wildman–Crippen MR) is 60.2 cm³/mol.